The van der Waals surface area contributed by atoms with E-state index in [9.17, 15) is 9.18 Å². The molecule has 1 amide bonds. The maximum Gasteiger partial charge on any atom is 0.223 e. The first-order valence-electron chi connectivity index (χ1n) is 7.78. The second-order valence-corrected chi connectivity index (χ2v) is 6.07. The number of halogens is 2. The molecule has 1 saturated heterocycles. The SMILES string of the molecule is CNCC1CCCN(C(=O)CC(C)c2cccc(F)c2)C1.Cl. The second kappa shape index (κ2) is 9.11. The van der Waals surface area contributed by atoms with Gasteiger partial charge in [-0.1, -0.05) is 19.1 Å². The van der Waals surface area contributed by atoms with Crippen molar-refractivity contribution < 1.29 is 9.18 Å². The number of nitrogens with one attached hydrogen (secondary N) is 1. The van der Waals surface area contributed by atoms with Gasteiger partial charge < -0.3 is 10.2 Å². The van der Waals surface area contributed by atoms with E-state index < -0.39 is 0 Å². The first-order chi connectivity index (χ1) is 10.1. The smallest absolute Gasteiger partial charge is 0.223 e. The maximum atomic E-state index is 13.3. The third-order valence-electron chi connectivity index (χ3n) is 4.26. The summed E-state index contributed by atoms with van der Waals surface area (Å²) in [7, 11) is 1.95. The summed E-state index contributed by atoms with van der Waals surface area (Å²) in [5.74, 6) is 0.557. The van der Waals surface area contributed by atoms with Crippen molar-refractivity contribution in [3.8, 4) is 0 Å². The Morgan fingerprint density at radius 2 is 2.27 bits per heavy atom. The molecule has 1 aromatic carbocycles. The average Bonchev–Trinajstić information content (AvgIpc) is 2.48. The van der Waals surface area contributed by atoms with Crippen LogP contribution in [-0.2, 0) is 4.79 Å². The minimum absolute atomic E-state index is 0. The number of likely N-dealkylation sites (tertiary alicyclic amines) is 1. The van der Waals surface area contributed by atoms with Gasteiger partial charge in [-0.25, -0.2) is 4.39 Å². The fraction of sp³-hybridized carbons (Fsp3) is 0.588. The van der Waals surface area contributed by atoms with Gasteiger partial charge in [0.2, 0.25) is 5.91 Å². The zero-order valence-corrected chi connectivity index (χ0v) is 14.2. The van der Waals surface area contributed by atoms with Gasteiger partial charge in [-0.2, -0.15) is 0 Å². The van der Waals surface area contributed by atoms with Crippen LogP contribution in [0.3, 0.4) is 0 Å². The molecule has 5 heteroatoms. The molecule has 22 heavy (non-hydrogen) atoms. The van der Waals surface area contributed by atoms with Gasteiger partial charge >= 0.3 is 0 Å². The van der Waals surface area contributed by atoms with Crippen molar-refractivity contribution in [2.75, 3.05) is 26.7 Å². The molecule has 1 aliphatic heterocycles. The highest BCUT2D eigenvalue weighted by Crippen LogP contribution is 2.23. The van der Waals surface area contributed by atoms with Crippen molar-refractivity contribution in [2.45, 2.75) is 32.1 Å². The van der Waals surface area contributed by atoms with E-state index >= 15 is 0 Å². The van der Waals surface area contributed by atoms with Crippen molar-refractivity contribution >= 4 is 18.3 Å². The Bertz CT molecular complexity index is 481. The van der Waals surface area contributed by atoms with Gasteiger partial charge in [0.15, 0.2) is 0 Å². The van der Waals surface area contributed by atoms with E-state index in [1.165, 1.54) is 18.6 Å². The van der Waals surface area contributed by atoms with Crippen molar-refractivity contribution in [1.29, 1.82) is 0 Å². The summed E-state index contributed by atoms with van der Waals surface area (Å²) in [5.41, 5.74) is 0.895. The van der Waals surface area contributed by atoms with Crippen molar-refractivity contribution in [3.63, 3.8) is 0 Å². The Morgan fingerprint density at radius 3 is 2.95 bits per heavy atom. The van der Waals surface area contributed by atoms with Gasteiger partial charge in [-0.05, 0) is 56.0 Å². The zero-order valence-electron chi connectivity index (χ0n) is 13.3. The van der Waals surface area contributed by atoms with Gasteiger partial charge in [-0.3, -0.25) is 4.79 Å². The summed E-state index contributed by atoms with van der Waals surface area (Å²) in [6, 6.07) is 6.56. The Balaban J connectivity index is 0.00000242. The molecule has 1 fully saturated rings. The van der Waals surface area contributed by atoms with Crippen LogP contribution >= 0.6 is 12.4 Å². The summed E-state index contributed by atoms with van der Waals surface area (Å²) in [4.78, 5) is 14.4. The number of carbonyl (C=O) groups excluding carboxylic acids is 1. The molecule has 0 bridgehead atoms. The highest BCUT2D eigenvalue weighted by atomic mass is 35.5. The molecule has 1 N–H and O–H groups in total. The molecule has 2 rings (SSSR count). The van der Waals surface area contributed by atoms with Crippen molar-refractivity contribution in [3.05, 3.63) is 35.6 Å². The molecule has 124 valence electrons. The third kappa shape index (κ3) is 5.25. The van der Waals surface area contributed by atoms with Gasteiger partial charge in [0, 0.05) is 19.5 Å². The number of rotatable bonds is 5. The van der Waals surface area contributed by atoms with E-state index in [4.69, 9.17) is 0 Å². The molecule has 0 saturated carbocycles. The lowest BCUT2D eigenvalue weighted by Gasteiger charge is -2.33. The quantitative estimate of drug-likeness (QED) is 0.900. The summed E-state index contributed by atoms with van der Waals surface area (Å²) in [6.45, 7) is 4.65. The Labute approximate surface area is 138 Å². The Kier molecular flexibility index (Phi) is 7.83. The molecule has 2 unspecified atom stereocenters. The topological polar surface area (TPSA) is 32.3 Å². The van der Waals surface area contributed by atoms with Gasteiger partial charge in [-0.15, -0.1) is 12.4 Å². The highest BCUT2D eigenvalue weighted by molar-refractivity contribution is 5.85. The lowest BCUT2D eigenvalue weighted by atomic mass is 9.94. The van der Waals surface area contributed by atoms with Crippen LogP contribution in [0.1, 0.15) is 37.7 Å². The minimum atomic E-state index is -0.237. The number of amides is 1. The summed E-state index contributed by atoms with van der Waals surface area (Å²) < 4.78 is 13.3. The lowest BCUT2D eigenvalue weighted by Crippen LogP contribution is -2.42. The van der Waals surface area contributed by atoms with Crippen LogP contribution in [0.2, 0.25) is 0 Å². The van der Waals surface area contributed by atoms with Gasteiger partial charge in [0.1, 0.15) is 5.82 Å². The summed E-state index contributed by atoms with van der Waals surface area (Å²) in [6.07, 6.45) is 2.71. The first-order valence-corrected chi connectivity index (χ1v) is 7.78. The van der Waals surface area contributed by atoms with Crippen molar-refractivity contribution in [1.82, 2.24) is 10.2 Å². The van der Waals surface area contributed by atoms with E-state index in [0.717, 1.165) is 31.6 Å². The normalized spacial score (nSPS) is 19.4. The summed E-state index contributed by atoms with van der Waals surface area (Å²) in [5, 5.41) is 3.19. The van der Waals surface area contributed by atoms with Crippen LogP contribution in [-0.4, -0.2) is 37.5 Å². The number of hydrogen-bond donors (Lipinski definition) is 1. The first kappa shape index (κ1) is 18.9. The van der Waals surface area contributed by atoms with Crippen LogP contribution in [0.4, 0.5) is 4.39 Å². The molecular weight excluding hydrogens is 303 g/mol. The molecule has 0 aromatic heterocycles. The van der Waals surface area contributed by atoms with Crippen LogP contribution in [0, 0.1) is 11.7 Å². The van der Waals surface area contributed by atoms with Crippen LogP contribution < -0.4 is 5.32 Å². The van der Waals surface area contributed by atoms with Gasteiger partial charge in [0.05, 0.1) is 0 Å². The molecule has 2 atom stereocenters. The van der Waals surface area contributed by atoms with Crippen molar-refractivity contribution in [2.24, 2.45) is 5.92 Å². The monoisotopic (exact) mass is 328 g/mol. The average molecular weight is 329 g/mol. The Morgan fingerprint density at radius 1 is 1.50 bits per heavy atom. The zero-order chi connectivity index (χ0) is 15.2. The highest BCUT2D eigenvalue weighted by Gasteiger charge is 2.24. The predicted octanol–water partition coefficient (Wildman–Crippen LogP) is 3.20. The molecule has 0 aliphatic carbocycles. The molecule has 0 spiro atoms. The number of benzene rings is 1. The van der Waals surface area contributed by atoms with E-state index in [-0.39, 0.29) is 30.0 Å². The lowest BCUT2D eigenvalue weighted by molar-refractivity contribution is -0.133. The fourth-order valence-electron chi connectivity index (χ4n) is 3.07. The number of piperidine rings is 1. The Hall–Kier alpha value is -1.13. The molecular formula is C17H26ClFN2O. The third-order valence-corrected chi connectivity index (χ3v) is 4.26. The van der Waals surface area contributed by atoms with E-state index in [1.54, 1.807) is 6.07 Å². The molecule has 3 nitrogen and oxygen atoms in total. The van der Waals surface area contributed by atoms with Gasteiger partial charge in [0.25, 0.3) is 0 Å². The fourth-order valence-corrected chi connectivity index (χ4v) is 3.07. The van der Waals surface area contributed by atoms with Crippen LogP contribution in [0.5, 0.6) is 0 Å². The number of carbonyl (C=O) groups is 1. The van der Waals surface area contributed by atoms with Crippen LogP contribution in [0.15, 0.2) is 24.3 Å². The minimum Gasteiger partial charge on any atom is -0.342 e. The molecule has 1 aliphatic rings. The second-order valence-electron chi connectivity index (χ2n) is 6.07. The molecule has 1 heterocycles. The molecule has 1 aromatic rings. The summed E-state index contributed by atoms with van der Waals surface area (Å²) >= 11 is 0. The van der Waals surface area contributed by atoms with E-state index in [1.807, 2.05) is 24.9 Å². The number of hydrogen-bond acceptors (Lipinski definition) is 2. The molecule has 0 radical (unpaired) electrons. The maximum absolute atomic E-state index is 13.3. The largest absolute Gasteiger partial charge is 0.342 e. The number of nitrogens with zero attached hydrogens (tertiary/aromatic N) is 1. The van der Waals surface area contributed by atoms with Crippen LogP contribution in [0.25, 0.3) is 0 Å². The predicted molar refractivity (Wildman–Crippen MR) is 89.9 cm³/mol. The van der Waals surface area contributed by atoms with E-state index in [2.05, 4.69) is 5.32 Å². The standard InChI is InChI=1S/C17H25FN2O.ClH/c1-13(15-6-3-7-16(18)10-15)9-17(21)20-8-4-5-14(12-20)11-19-2;/h3,6-7,10,13-14,19H,4-5,8-9,11-12H2,1-2H3;1H. The van der Waals surface area contributed by atoms with E-state index in [0.29, 0.717) is 12.3 Å².